The fraction of sp³-hybridized carbons (Fsp3) is 0.476. The van der Waals surface area contributed by atoms with Crippen LogP contribution in [0.25, 0.3) is 0 Å². The molecule has 1 aromatic carbocycles. The fourth-order valence-corrected chi connectivity index (χ4v) is 3.26. The van der Waals surface area contributed by atoms with Crippen LogP contribution < -0.4 is 19.7 Å². The van der Waals surface area contributed by atoms with E-state index in [9.17, 15) is 4.79 Å². The molecule has 1 atom stereocenters. The standard InChI is InChI=1S/C21H28N4O3/c1-6-13(2)22-20(26)17-9-14(3)23-21(24-17)25-8-7-15-10-18(27-4)19(28-5)11-16(15)12-25/h9-11,13H,6-8,12H2,1-5H3,(H,22,26). The van der Waals surface area contributed by atoms with Crippen LogP contribution in [0.1, 0.15) is 47.6 Å². The van der Waals surface area contributed by atoms with Gasteiger partial charge in [0.2, 0.25) is 5.95 Å². The van der Waals surface area contributed by atoms with E-state index in [0.717, 1.165) is 36.4 Å². The number of carbonyl (C=O) groups excluding carboxylic acids is 1. The van der Waals surface area contributed by atoms with Gasteiger partial charge in [-0.25, -0.2) is 9.97 Å². The molecular formula is C21H28N4O3. The van der Waals surface area contributed by atoms with Crippen molar-refractivity contribution in [2.24, 2.45) is 0 Å². The van der Waals surface area contributed by atoms with Crippen molar-refractivity contribution in [1.29, 1.82) is 0 Å². The van der Waals surface area contributed by atoms with Gasteiger partial charge in [-0.2, -0.15) is 0 Å². The summed E-state index contributed by atoms with van der Waals surface area (Å²) in [6.45, 7) is 7.34. The van der Waals surface area contributed by atoms with Crippen LogP contribution in [-0.4, -0.2) is 42.7 Å². The van der Waals surface area contributed by atoms with Crippen molar-refractivity contribution < 1.29 is 14.3 Å². The van der Waals surface area contributed by atoms with Gasteiger partial charge in [0.25, 0.3) is 5.91 Å². The number of aryl methyl sites for hydroxylation is 1. The van der Waals surface area contributed by atoms with Gasteiger partial charge in [-0.15, -0.1) is 0 Å². The largest absolute Gasteiger partial charge is 0.493 e. The summed E-state index contributed by atoms with van der Waals surface area (Å²) in [6, 6.07) is 5.88. The zero-order chi connectivity index (χ0) is 20.3. The van der Waals surface area contributed by atoms with Gasteiger partial charge in [-0.1, -0.05) is 6.92 Å². The molecule has 1 aromatic heterocycles. The number of methoxy groups -OCH3 is 2. The van der Waals surface area contributed by atoms with Crippen LogP contribution in [0, 0.1) is 6.92 Å². The minimum Gasteiger partial charge on any atom is -0.493 e. The molecule has 1 unspecified atom stereocenters. The monoisotopic (exact) mass is 384 g/mol. The van der Waals surface area contributed by atoms with Crippen LogP contribution >= 0.6 is 0 Å². The molecule has 1 amide bonds. The first-order valence-corrected chi connectivity index (χ1v) is 9.60. The Bertz CT molecular complexity index is 869. The van der Waals surface area contributed by atoms with Crippen molar-refractivity contribution in [3.63, 3.8) is 0 Å². The Labute approximate surface area is 166 Å². The number of anilines is 1. The Hall–Kier alpha value is -2.83. The van der Waals surface area contributed by atoms with E-state index in [2.05, 4.69) is 20.2 Å². The summed E-state index contributed by atoms with van der Waals surface area (Å²) in [7, 11) is 3.28. The fourth-order valence-electron chi connectivity index (χ4n) is 3.26. The number of ether oxygens (including phenoxy) is 2. The molecule has 0 bridgehead atoms. The van der Waals surface area contributed by atoms with Crippen LogP contribution in [0.4, 0.5) is 5.95 Å². The highest BCUT2D eigenvalue weighted by atomic mass is 16.5. The third-order valence-corrected chi connectivity index (χ3v) is 5.07. The van der Waals surface area contributed by atoms with Crippen LogP contribution in [-0.2, 0) is 13.0 Å². The average Bonchev–Trinajstić information content (AvgIpc) is 2.71. The molecule has 0 aliphatic carbocycles. The Morgan fingerprint density at radius 1 is 1.18 bits per heavy atom. The molecular weight excluding hydrogens is 356 g/mol. The Morgan fingerprint density at radius 3 is 2.50 bits per heavy atom. The molecule has 2 heterocycles. The third kappa shape index (κ3) is 4.18. The van der Waals surface area contributed by atoms with Gasteiger partial charge in [-0.3, -0.25) is 4.79 Å². The van der Waals surface area contributed by atoms with Crippen molar-refractivity contribution >= 4 is 11.9 Å². The SMILES string of the molecule is CCC(C)NC(=O)c1cc(C)nc(N2CCc3cc(OC)c(OC)cc3C2)n1. The van der Waals surface area contributed by atoms with Gasteiger partial charge in [0, 0.05) is 24.8 Å². The van der Waals surface area contributed by atoms with Crippen LogP contribution in [0.5, 0.6) is 11.5 Å². The number of aromatic nitrogens is 2. The molecule has 0 saturated heterocycles. The predicted octanol–water partition coefficient (Wildman–Crippen LogP) is 2.89. The zero-order valence-electron chi connectivity index (χ0n) is 17.2. The maximum atomic E-state index is 12.5. The minimum atomic E-state index is -0.162. The smallest absolute Gasteiger partial charge is 0.270 e. The average molecular weight is 384 g/mol. The number of nitrogens with zero attached hydrogens (tertiary/aromatic N) is 3. The van der Waals surface area contributed by atoms with Crippen LogP contribution in [0.2, 0.25) is 0 Å². The third-order valence-electron chi connectivity index (χ3n) is 5.07. The molecule has 0 radical (unpaired) electrons. The highest BCUT2D eigenvalue weighted by molar-refractivity contribution is 5.92. The van der Waals surface area contributed by atoms with Gasteiger partial charge < -0.3 is 19.7 Å². The number of carbonyl (C=O) groups is 1. The van der Waals surface area contributed by atoms with E-state index in [4.69, 9.17) is 9.47 Å². The number of nitrogens with one attached hydrogen (secondary N) is 1. The highest BCUT2D eigenvalue weighted by Gasteiger charge is 2.22. The van der Waals surface area contributed by atoms with E-state index < -0.39 is 0 Å². The molecule has 150 valence electrons. The number of rotatable bonds is 6. The molecule has 7 heteroatoms. The molecule has 28 heavy (non-hydrogen) atoms. The molecule has 1 aliphatic rings. The first-order chi connectivity index (χ1) is 13.4. The van der Waals surface area contributed by atoms with Crippen LogP contribution in [0.3, 0.4) is 0 Å². The predicted molar refractivity (Wildman–Crippen MR) is 108 cm³/mol. The maximum Gasteiger partial charge on any atom is 0.270 e. The number of benzene rings is 1. The summed E-state index contributed by atoms with van der Waals surface area (Å²) in [6.07, 6.45) is 1.72. The molecule has 2 aromatic rings. The van der Waals surface area contributed by atoms with Gasteiger partial charge in [0.1, 0.15) is 5.69 Å². The van der Waals surface area contributed by atoms with Gasteiger partial charge in [-0.05, 0) is 56.0 Å². The molecule has 3 rings (SSSR count). The van der Waals surface area contributed by atoms with E-state index in [0.29, 0.717) is 23.9 Å². The van der Waals surface area contributed by atoms with Gasteiger partial charge in [0.15, 0.2) is 11.5 Å². The Balaban J connectivity index is 1.86. The number of hydrogen-bond acceptors (Lipinski definition) is 6. The van der Waals surface area contributed by atoms with E-state index >= 15 is 0 Å². The summed E-state index contributed by atoms with van der Waals surface area (Å²) >= 11 is 0. The summed E-state index contributed by atoms with van der Waals surface area (Å²) < 4.78 is 10.8. The van der Waals surface area contributed by atoms with Crippen molar-refractivity contribution in [3.05, 3.63) is 40.7 Å². The van der Waals surface area contributed by atoms with E-state index in [-0.39, 0.29) is 11.9 Å². The zero-order valence-corrected chi connectivity index (χ0v) is 17.2. The quantitative estimate of drug-likeness (QED) is 0.825. The lowest BCUT2D eigenvalue weighted by Crippen LogP contribution is -2.35. The second-order valence-electron chi connectivity index (χ2n) is 7.12. The number of fused-ring (bicyclic) bond motifs is 1. The lowest BCUT2D eigenvalue weighted by molar-refractivity contribution is 0.0934. The number of hydrogen-bond donors (Lipinski definition) is 1. The Morgan fingerprint density at radius 2 is 1.86 bits per heavy atom. The summed E-state index contributed by atoms with van der Waals surface area (Å²) in [5, 5.41) is 2.97. The second-order valence-corrected chi connectivity index (χ2v) is 7.12. The van der Waals surface area contributed by atoms with Crippen molar-refractivity contribution in [3.8, 4) is 11.5 Å². The summed E-state index contributed by atoms with van der Waals surface area (Å²) in [5.41, 5.74) is 3.56. The summed E-state index contributed by atoms with van der Waals surface area (Å²) in [5.74, 6) is 1.87. The van der Waals surface area contributed by atoms with Crippen molar-refractivity contribution in [2.75, 3.05) is 25.7 Å². The van der Waals surface area contributed by atoms with E-state index in [1.54, 1.807) is 20.3 Å². The topological polar surface area (TPSA) is 76.6 Å². The van der Waals surface area contributed by atoms with Gasteiger partial charge in [0.05, 0.1) is 14.2 Å². The molecule has 0 spiro atoms. The molecule has 7 nitrogen and oxygen atoms in total. The highest BCUT2D eigenvalue weighted by Crippen LogP contribution is 2.33. The molecule has 1 N–H and O–H groups in total. The second kappa shape index (κ2) is 8.46. The number of amides is 1. The summed E-state index contributed by atoms with van der Waals surface area (Å²) in [4.78, 5) is 23.7. The molecule has 0 fully saturated rings. The van der Waals surface area contributed by atoms with E-state index in [1.165, 1.54) is 5.56 Å². The Kier molecular flexibility index (Phi) is 6.02. The first kappa shape index (κ1) is 19.9. The van der Waals surface area contributed by atoms with Crippen molar-refractivity contribution in [2.45, 2.75) is 46.2 Å². The molecule has 1 aliphatic heterocycles. The molecule has 0 saturated carbocycles. The minimum absolute atomic E-state index is 0.107. The lowest BCUT2D eigenvalue weighted by atomic mass is 9.99. The van der Waals surface area contributed by atoms with Gasteiger partial charge >= 0.3 is 0 Å². The van der Waals surface area contributed by atoms with Crippen LogP contribution in [0.15, 0.2) is 18.2 Å². The maximum absolute atomic E-state index is 12.5. The first-order valence-electron chi connectivity index (χ1n) is 9.60. The lowest BCUT2D eigenvalue weighted by Gasteiger charge is -2.30. The van der Waals surface area contributed by atoms with Crippen molar-refractivity contribution in [1.82, 2.24) is 15.3 Å². The normalized spacial score (nSPS) is 14.2. The van der Waals surface area contributed by atoms with E-state index in [1.807, 2.05) is 32.9 Å².